The maximum absolute atomic E-state index is 12.3. The van der Waals surface area contributed by atoms with Crippen LogP contribution < -0.4 is 10.2 Å². The Balaban J connectivity index is 1.26. The van der Waals surface area contributed by atoms with E-state index in [1.165, 1.54) is 16.9 Å². The summed E-state index contributed by atoms with van der Waals surface area (Å²) in [4.78, 5) is 21.5. The molecular formula is C23H26N4O2S. The minimum atomic E-state index is -0.0453. The second-order valence-corrected chi connectivity index (χ2v) is 8.52. The van der Waals surface area contributed by atoms with E-state index in [1.807, 2.05) is 54.8 Å². The van der Waals surface area contributed by atoms with Gasteiger partial charge in [0.2, 0.25) is 5.91 Å². The van der Waals surface area contributed by atoms with Crippen LogP contribution in [0.25, 0.3) is 0 Å². The second-order valence-electron chi connectivity index (χ2n) is 7.58. The Morgan fingerprint density at radius 2 is 1.83 bits per heavy atom. The number of para-hydroxylation sites is 2. The monoisotopic (exact) mass is 422 g/mol. The minimum Gasteiger partial charge on any atom is -0.506 e. The number of carbonyl (C=O) groups excluding carboxylic acids is 1. The molecule has 0 saturated carbocycles. The quantitative estimate of drug-likeness (QED) is 0.635. The molecule has 2 N–H and O–H groups in total. The van der Waals surface area contributed by atoms with Crippen LogP contribution in [-0.4, -0.2) is 47.1 Å². The lowest BCUT2D eigenvalue weighted by Crippen LogP contribution is -2.46. The van der Waals surface area contributed by atoms with Crippen LogP contribution in [0.4, 0.5) is 11.4 Å². The third-order valence-electron chi connectivity index (χ3n) is 5.23. The van der Waals surface area contributed by atoms with Gasteiger partial charge in [-0.1, -0.05) is 29.8 Å². The van der Waals surface area contributed by atoms with Crippen molar-refractivity contribution >= 4 is 28.6 Å². The number of aryl methyl sites for hydroxylation is 1. The Labute approximate surface area is 180 Å². The van der Waals surface area contributed by atoms with E-state index in [0.29, 0.717) is 12.2 Å². The first kappa shape index (κ1) is 20.4. The predicted octanol–water partition coefficient (Wildman–Crippen LogP) is 3.66. The second kappa shape index (κ2) is 9.28. The Hall–Kier alpha value is -2.90. The number of phenols is 1. The molecule has 7 heteroatoms. The Morgan fingerprint density at radius 1 is 1.10 bits per heavy atom. The number of amides is 1. The maximum Gasteiger partial charge on any atom is 0.231 e. The normalized spacial score (nSPS) is 14.6. The molecule has 1 fully saturated rings. The molecule has 1 aliphatic rings. The van der Waals surface area contributed by atoms with Crippen LogP contribution in [0.15, 0.2) is 53.9 Å². The van der Waals surface area contributed by atoms with Gasteiger partial charge in [0.05, 0.1) is 17.8 Å². The summed E-state index contributed by atoms with van der Waals surface area (Å²) in [6, 6.07) is 15.3. The van der Waals surface area contributed by atoms with Crippen LogP contribution >= 0.6 is 11.3 Å². The molecule has 6 nitrogen and oxygen atoms in total. The van der Waals surface area contributed by atoms with E-state index in [0.717, 1.165) is 54.8 Å². The molecule has 4 rings (SSSR count). The average molecular weight is 423 g/mol. The van der Waals surface area contributed by atoms with E-state index in [2.05, 4.69) is 20.1 Å². The van der Waals surface area contributed by atoms with Gasteiger partial charge in [-0.25, -0.2) is 4.98 Å². The van der Waals surface area contributed by atoms with Crippen molar-refractivity contribution in [1.29, 1.82) is 0 Å². The number of anilines is 2. The summed E-state index contributed by atoms with van der Waals surface area (Å²) in [7, 11) is 0. The molecule has 0 unspecified atom stereocenters. The summed E-state index contributed by atoms with van der Waals surface area (Å²) in [6.45, 7) is 6.37. The van der Waals surface area contributed by atoms with E-state index in [4.69, 9.17) is 0 Å². The zero-order chi connectivity index (χ0) is 20.9. The number of hydrogen-bond acceptors (Lipinski definition) is 6. The van der Waals surface area contributed by atoms with Gasteiger partial charge in [0.15, 0.2) is 0 Å². The first-order chi connectivity index (χ1) is 14.6. The van der Waals surface area contributed by atoms with Gasteiger partial charge < -0.3 is 15.3 Å². The van der Waals surface area contributed by atoms with Crippen molar-refractivity contribution in [2.75, 3.05) is 36.4 Å². The standard InChI is InChI=1S/C23H26N4O2S/c1-17-6-8-18(9-7-17)24-22(29)14-23-25-19(16-30-23)15-26-10-12-27(13-11-26)20-4-2-3-5-21(20)28/h2-9,16,28H,10-15H2,1H3,(H,24,29). The highest BCUT2D eigenvalue weighted by Crippen LogP contribution is 2.27. The van der Waals surface area contributed by atoms with E-state index in [1.54, 1.807) is 6.07 Å². The summed E-state index contributed by atoms with van der Waals surface area (Å²) in [5, 5.41) is 15.9. The molecule has 156 valence electrons. The maximum atomic E-state index is 12.3. The van der Waals surface area contributed by atoms with Gasteiger partial charge in [-0.3, -0.25) is 9.69 Å². The Bertz CT molecular complexity index is 994. The van der Waals surface area contributed by atoms with Crippen molar-refractivity contribution in [3.05, 3.63) is 70.2 Å². The highest BCUT2D eigenvalue weighted by atomic mass is 32.1. The molecule has 2 aromatic carbocycles. The highest BCUT2D eigenvalue weighted by molar-refractivity contribution is 7.09. The zero-order valence-electron chi connectivity index (χ0n) is 17.0. The SMILES string of the molecule is Cc1ccc(NC(=O)Cc2nc(CN3CCN(c4ccccc4O)CC3)cs2)cc1. The molecule has 0 aliphatic carbocycles. The number of rotatable bonds is 6. The number of nitrogens with zero attached hydrogens (tertiary/aromatic N) is 3. The number of nitrogens with one attached hydrogen (secondary N) is 1. The number of piperazine rings is 1. The number of benzene rings is 2. The van der Waals surface area contributed by atoms with Crippen molar-refractivity contribution in [2.24, 2.45) is 0 Å². The molecule has 0 atom stereocenters. The summed E-state index contributed by atoms with van der Waals surface area (Å²) < 4.78 is 0. The molecule has 0 bridgehead atoms. The van der Waals surface area contributed by atoms with Crippen LogP contribution in [-0.2, 0) is 17.8 Å². The van der Waals surface area contributed by atoms with Crippen molar-refractivity contribution in [3.8, 4) is 5.75 Å². The minimum absolute atomic E-state index is 0.0453. The highest BCUT2D eigenvalue weighted by Gasteiger charge is 2.20. The molecule has 1 aliphatic heterocycles. The fourth-order valence-electron chi connectivity index (χ4n) is 3.59. The van der Waals surface area contributed by atoms with Gasteiger partial charge >= 0.3 is 0 Å². The topological polar surface area (TPSA) is 68.7 Å². The van der Waals surface area contributed by atoms with Gasteiger partial charge in [0.1, 0.15) is 10.8 Å². The number of hydrogen-bond donors (Lipinski definition) is 2. The fraction of sp³-hybridized carbons (Fsp3) is 0.304. The first-order valence-corrected chi connectivity index (χ1v) is 11.0. The van der Waals surface area contributed by atoms with Crippen LogP contribution in [0.1, 0.15) is 16.3 Å². The number of aromatic hydroxyl groups is 1. The van der Waals surface area contributed by atoms with Crippen LogP contribution in [0, 0.1) is 6.92 Å². The van der Waals surface area contributed by atoms with Gasteiger partial charge in [0, 0.05) is 43.8 Å². The molecule has 30 heavy (non-hydrogen) atoms. The Kier molecular flexibility index (Phi) is 6.30. The lowest BCUT2D eigenvalue weighted by molar-refractivity contribution is -0.115. The van der Waals surface area contributed by atoms with Crippen LogP contribution in [0.5, 0.6) is 5.75 Å². The average Bonchev–Trinajstić information content (AvgIpc) is 3.17. The van der Waals surface area contributed by atoms with E-state index >= 15 is 0 Å². The molecule has 1 amide bonds. The predicted molar refractivity (Wildman–Crippen MR) is 121 cm³/mol. The third-order valence-corrected chi connectivity index (χ3v) is 6.12. The van der Waals surface area contributed by atoms with Crippen LogP contribution in [0.2, 0.25) is 0 Å². The zero-order valence-corrected chi connectivity index (χ0v) is 17.9. The number of thiazole rings is 1. The molecular weight excluding hydrogens is 396 g/mol. The van der Waals surface area contributed by atoms with Crippen molar-refractivity contribution in [1.82, 2.24) is 9.88 Å². The van der Waals surface area contributed by atoms with Crippen molar-refractivity contribution in [3.63, 3.8) is 0 Å². The van der Waals surface area contributed by atoms with Crippen molar-refractivity contribution in [2.45, 2.75) is 19.9 Å². The smallest absolute Gasteiger partial charge is 0.231 e. The summed E-state index contributed by atoms with van der Waals surface area (Å²) in [5.41, 5.74) is 3.88. The van der Waals surface area contributed by atoms with Gasteiger partial charge in [-0.05, 0) is 31.2 Å². The molecule has 1 saturated heterocycles. The van der Waals surface area contributed by atoms with Crippen molar-refractivity contribution < 1.29 is 9.90 Å². The van der Waals surface area contributed by atoms with E-state index in [-0.39, 0.29) is 5.91 Å². The van der Waals surface area contributed by atoms with E-state index < -0.39 is 0 Å². The van der Waals surface area contributed by atoms with E-state index in [9.17, 15) is 9.90 Å². The molecule has 2 heterocycles. The lowest BCUT2D eigenvalue weighted by Gasteiger charge is -2.36. The lowest BCUT2D eigenvalue weighted by atomic mass is 10.2. The molecule has 0 spiro atoms. The third kappa shape index (κ3) is 5.17. The Morgan fingerprint density at radius 3 is 2.57 bits per heavy atom. The number of carbonyl (C=O) groups is 1. The largest absolute Gasteiger partial charge is 0.506 e. The summed E-state index contributed by atoms with van der Waals surface area (Å²) >= 11 is 1.54. The van der Waals surface area contributed by atoms with Gasteiger partial charge in [-0.15, -0.1) is 11.3 Å². The summed E-state index contributed by atoms with van der Waals surface area (Å²) in [5.74, 6) is 0.287. The molecule has 1 aromatic heterocycles. The van der Waals surface area contributed by atoms with Gasteiger partial charge in [-0.2, -0.15) is 0 Å². The molecule has 0 radical (unpaired) electrons. The summed E-state index contributed by atoms with van der Waals surface area (Å²) in [6.07, 6.45) is 0.291. The molecule has 3 aromatic rings. The number of aromatic nitrogens is 1. The first-order valence-electron chi connectivity index (χ1n) is 10.1. The number of phenolic OH excluding ortho intramolecular Hbond substituents is 1. The fourth-order valence-corrected chi connectivity index (χ4v) is 4.37. The van der Waals surface area contributed by atoms with Gasteiger partial charge in [0.25, 0.3) is 0 Å². The van der Waals surface area contributed by atoms with Crippen LogP contribution in [0.3, 0.4) is 0 Å².